The summed E-state index contributed by atoms with van der Waals surface area (Å²) in [6, 6.07) is 13.1. The number of carbonyl (C=O) groups excluding carboxylic acids is 1. The minimum atomic E-state index is 0.0855. The number of likely N-dealkylation sites (tertiary alicyclic amines) is 1. The fourth-order valence-corrected chi connectivity index (χ4v) is 3.42. The summed E-state index contributed by atoms with van der Waals surface area (Å²) in [4.78, 5) is 14.8. The molecule has 0 amide bonds. The average Bonchev–Trinajstić information content (AvgIpc) is 3.05. The Kier molecular flexibility index (Phi) is 6.23. The number of hydrogen-bond acceptors (Lipinski definition) is 3. The zero-order chi connectivity index (χ0) is 18.7. The lowest BCUT2D eigenvalue weighted by molar-refractivity contribution is 0.0945. The minimum Gasteiger partial charge on any atom is -0.491 e. The van der Waals surface area contributed by atoms with Crippen molar-refractivity contribution in [3.63, 3.8) is 0 Å². The predicted molar refractivity (Wildman–Crippen MR) is 106 cm³/mol. The van der Waals surface area contributed by atoms with Gasteiger partial charge in [0, 0.05) is 18.0 Å². The highest BCUT2D eigenvalue weighted by Crippen LogP contribution is 2.31. The van der Waals surface area contributed by atoms with Crippen LogP contribution in [0.4, 0.5) is 0 Å². The van der Waals surface area contributed by atoms with Gasteiger partial charge in [0.2, 0.25) is 0 Å². The van der Waals surface area contributed by atoms with Crippen LogP contribution in [0.5, 0.6) is 5.75 Å². The van der Waals surface area contributed by atoms with Gasteiger partial charge in [-0.25, -0.2) is 0 Å². The average molecular weight is 391 g/mol. The van der Waals surface area contributed by atoms with Crippen LogP contribution < -0.4 is 4.74 Å². The van der Waals surface area contributed by atoms with E-state index in [0.717, 1.165) is 30.8 Å². The zero-order valence-corrected chi connectivity index (χ0v) is 16.5. The number of carbonyl (C=O) groups is 1. The molecule has 5 heteroatoms. The summed E-state index contributed by atoms with van der Waals surface area (Å²) in [7, 11) is 0. The third-order valence-corrected chi connectivity index (χ3v) is 5.11. The molecular weight excluding hydrogens is 369 g/mol. The number of ether oxygens (including phenoxy) is 1. The Morgan fingerprint density at radius 2 is 1.96 bits per heavy atom. The molecule has 0 saturated carbocycles. The van der Waals surface area contributed by atoms with Crippen LogP contribution in [-0.4, -0.2) is 36.4 Å². The van der Waals surface area contributed by atoms with Gasteiger partial charge >= 0.3 is 0 Å². The minimum absolute atomic E-state index is 0.0855. The van der Waals surface area contributed by atoms with Crippen LogP contribution in [-0.2, 0) is 0 Å². The molecule has 1 radical (unpaired) electrons. The molecule has 1 fully saturated rings. The molecule has 0 aromatic heterocycles. The van der Waals surface area contributed by atoms with Gasteiger partial charge in [0.15, 0.2) is 5.78 Å². The van der Waals surface area contributed by atoms with E-state index in [2.05, 4.69) is 4.90 Å². The maximum atomic E-state index is 12.6. The molecule has 1 aliphatic heterocycles. The summed E-state index contributed by atoms with van der Waals surface area (Å²) in [5.74, 6) is 2.12. The first-order valence-electron chi connectivity index (χ1n) is 8.75. The standard InChI is InChI=1S/C21H22Cl2NO2/c1-14(2)26-18-5-3-4-16(10-18)21(25)13-24-9-8-17(12-24)15-6-7-19(22)20(23)11-15/h3-7,10-11,14H,8-9,12-13H2,1-2H3. The van der Waals surface area contributed by atoms with Crippen LogP contribution in [0.1, 0.15) is 36.2 Å². The molecule has 0 bridgehead atoms. The van der Waals surface area contributed by atoms with Gasteiger partial charge in [-0.05, 0) is 56.6 Å². The summed E-state index contributed by atoms with van der Waals surface area (Å²) in [6.07, 6.45) is 1.02. The molecule has 1 heterocycles. The van der Waals surface area contributed by atoms with Crippen LogP contribution in [0.15, 0.2) is 42.5 Å². The largest absolute Gasteiger partial charge is 0.491 e. The van der Waals surface area contributed by atoms with Crippen LogP contribution in [0.25, 0.3) is 0 Å². The monoisotopic (exact) mass is 390 g/mol. The molecule has 0 spiro atoms. The summed E-state index contributed by atoms with van der Waals surface area (Å²) >= 11 is 12.1. The van der Waals surface area contributed by atoms with Crippen molar-refractivity contribution >= 4 is 29.0 Å². The fourth-order valence-electron chi connectivity index (χ4n) is 3.12. The van der Waals surface area contributed by atoms with Crippen LogP contribution in [0.3, 0.4) is 0 Å². The first kappa shape index (κ1) is 19.2. The highest BCUT2D eigenvalue weighted by Gasteiger charge is 2.26. The van der Waals surface area contributed by atoms with E-state index < -0.39 is 0 Å². The van der Waals surface area contributed by atoms with E-state index in [-0.39, 0.29) is 11.9 Å². The fraction of sp³-hybridized carbons (Fsp3) is 0.333. The second kappa shape index (κ2) is 8.43. The van der Waals surface area contributed by atoms with E-state index in [0.29, 0.717) is 22.2 Å². The molecule has 26 heavy (non-hydrogen) atoms. The normalized spacial score (nSPS) is 15.6. The molecule has 1 saturated heterocycles. The van der Waals surface area contributed by atoms with E-state index in [9.17, 15) is 4.79 Å². The van der Waals surface area contributed by atoms with Gasteiger partial charge < -0.3 is 4.74 Å². The van der Waals surface area contributed by atoms with Crippen molar-refractivity contribution in [2.45, 2.75) is 26.4 Å². The smallest absolute Gasteiger partial charge is 0.176 e. The summed E-state index contributed by atoms with van der Waals surface area (Å²) in [6.45, 7) is 5.98. The highest BCUT2D eigenvalue weighted by molar-refractivity contribution is 6.42. The highest BCUT2D eigenvalue weighted by atomic mass is 35.5. The second-order valence-electron chi connectivity index (χ2n) is 6.81. The SMILES string of the molecule is CC(C)Oc1cccc(C(=O)CN2CC[C](c3ccc(Cl)c(Cl)c3)C2)c1. The summed E-state index contributed by atoms with van der Waals surface area (Å²) in [5.41, 5.74) is 1.79. The second-order valence-corrected chi connectivity index (χ2v) is 7.63. The van der Waals surface area contributed by atoms with Gasteiger partial charge in [0.05, 0.1) is 22.7 Å². The topological polar surface area (TPSA) is 29.5 Å². The molecule has 2 aromatic carbocycles. The molecule has 137 valence electrons. The maximum Gasteiger partial charge on any atom is 0.176 e. The lowest BCUT2D eigenvalue weighted by Gasteiger charge is -2.16. The molecule has 0 atom stereocenters. The number of benzene rings is 2. The molecule has 0 aliphatic carbocycles. The third kappa shape index (κ3) is 4.79. The summed E-state index contributed by atoms with van der Waals surface area (Å²) < 4.78 is 5.68. The number of Topliss-reactive ketones (excluding diaryl/α,β-unsaturated/α-hetero) is 1. The van der Waals surface area contributed by atoms with Crippen LogP contribution in [0.2, 0.25) is 10.0 Å². The molecule has 0 unspecified atom stereocenters. The first-order valence-corrected chi connectivity index (χ1v) is 9.50. The predicted octanol–water partition coefficient (Wildman–Crippen LogP) is 5.29. The molecule has 3 rings (SSSR count). The van der Waals surface area contributed by atoms with Gasteiger partial charge in [0.25, 0.3) is 0 Å². The third-order valence-electron chi connectivity index (χ3n) is 4.37. The molecule has 1 aliphatic rings. The summed E-state index contributed by atoms with van der Waals surface area (Å²) in [5, 5.41) is 1.12. The quantitative estimate of drug-likeness (QED) is 0.627. The van der Waals surface area contributed by atoms with Gasteiger partial charge in [0.1, 0.15) is 5.75 Å². The van der Waals surface area contributed by atoms with Gasteiger partial charge in [-0.1, -0.05) is 41.4 Å². The van der Waals surface area contributed by atoms with Gasteiger partial charge in [-0.3, -0.25) is 9.69 Å². The van der Waals surface area contributed by atoms with Gasteiger partial charge in [-0.2, -0.15) is 0 Å². The van der Waals surface area contributed by atoms with E-state index in [1.54, 1.807) is 0 Å². The Labute approximate surface area is 164 Å². The maximum absolute atomic E-state index is 12.6. The van der Waals surface area contributed by atoms with Crippen molar-refractivity contribution in [1.82, 2.24) is 4.90 Å². The number of hydrogen-bond donors (Lipinski definition) is 0. The van der Waals surface area contributed by atoms with E-state index in [1.165, 1.54) is 5.92 Å². The number of halogens is 2. The Morgan fingerprint density at radius 1 is 1.15 bits per heavy atom. The Hall–Kier alpha value is -1.55. The van der Waals surface area contributed by atoms with Crippen molar-refractivity contribution in [1.29, 1.82) is 0 Å². The van der Waals surface area contributed by atoms with Crippen molar-refractivity contribution in [2.24, 2.45) is 0 Å². The van der Waals surface area contributed by atoms with Crippen LogP contribution in [0, 0.1) is 5.92 Å². The number of nitrogens with zero attached hydrogens (tertiary/aromatic N) is 1. The van der Waals surface area contributed by atoms with E-state index in [4.69, 9.17) is 27.9 Å². The van der Waals surface area contributed by atoms with E-state index in [1.807, 2.05) is 56.3 Å². The Morgan fingerprint density at radius 3 is 2.69 bits per heavy atom. The molecule has 2 aromatic rings. The van der Waals surface area contributed by atoms with Crippen molar-refractivity contribution < 1.29 is 9.53 Å². The Bertz CT molecular complexity index is 791. The molecular formula is C21H22Cl2NO2. The first-order chi connectivity index (χ1) is 12.4. The molecule has 3 nitrogen and oxygen atoms in total. The lowest BCUT2D eigenvalue weighted by Crippen LogP contribution is -2.27. The number of rotatable bonds is 6. The van der Waals surface area contributed by atoms with Crippen molar-refractivity contribution in [3.8, 4) is 5.75 Å². The van der Waals surface area contributed by atoms with Crippen LogP contribution >= 0.6 is 23.2 Å². The van der Waals surface area contributed by atoms with Gasteiger partial charge in [-0.15, -0.1) is 0 Å². The van der Waals surface area contributed by atoms with E-state index >= 15 is 0 Å². The Balaban J connectivity index is 1.61. The lowest BCUT2D eigenvalue weighted by atomic mass is 9.99. The van der Waals surface area contributed by atoms with Crippen molar-refractivity contribution in [3.05, 3.63) is 69.6 Å². The molecule has 0 N–H and O–H groups in total. The zero-order valence-electron chi connectivity index (χ0n) is 15.0. The van der Waals surface area contributed by atoms with Crippen molar-refractivity contribution in [2.75, 3.05) is 19.6 Å². The number of ketones is 1.